The van der Waals surface area contributed by atoms with E-state index >= 15 is 0 Å². The van der Waals surface area contributed by atoms with E-state index in [1.807, 2.05) is 37.5 Å². The minimum atomic E-state index is 0. The molecule has 0 fully saturated rings. The van der Waals surface area contributed by atoms with Crippen LogP contribution in [0.3, 0.4) is 0 Å². The van der Waals surface area contributed by atoms with Crippen LogP contribution in [0.15, 0.2) is 12.7 Å². The van der Waals surface area contributed by atoms with Gasteiger partial charge in [0.1, 0.15) is 0 Å². The predicted octanol–water partition coefficient (Wildman–Crippen LogP) is 2.96. The summed E-state index contributed by atoms with van der Waals surface area (Å²) >= 11 is 0. The first-order valence-corrected chi connectivity index (χ1v) is 3.92. The monoisotopic (exact) mass is 265 g/mol. The second-order valence-corrected chi connectivity index (χ2v) is 2.74. The molecule has 0 bridgehead atoms. The zero-order chi connectivity index (χ0) is 9.14. The molecule has 0 aromatic carbocycles. The Morgan fingerprint density at radius 1 is 1.57 bits per heavy atom. The topological polar surface area (TPSA) is 17.8 Å². The Hall–Kier alpha value is -0.206. The molecule has 1 radical (unpaired) electrons. The maximum atomic E-state index is 4.28. The Balaban J connectivity index is 0. The Labute approximate surface area is 112 Å². The van der Waals surface area contributed by atoms with Crippen LogP contribution in [0.25, 0.3) is 11.8 Å². The molecule has 0 atom stereocenters. The van der Waals surface area contributed by atoms with Crippen molar-refractivity contribution in [2.24, 2.45) is 0 Å². The maximum absolute atomic E-state index is 4.28. The molecular formula is C11H16N2Y-2. The molecule has 1 heterocycles. The van der Waals surface area contributed by atoms with E-state index in [0.717, 1.165) is 17.2 Å². The van der Waals surface area contributed by atoms with Gasteiger partial charge in [0.25, 0.3) is 0 Å². The molecule has 0 unspecified atom stereocenters. The fraction of sp³-hybridized carbons (Fsp3) is 0.273. The smallest absolute Gasteiger partial charge is 0.0247 e. The first kappa shape index (κ1) is 16.2. The number of aromatic nitrogens is 2. The maximum Gasteiger partial charge on any atom is 0.0247 e. The molecule has 0 spiro atoms. The quantitative estimate of drug-likeness (QED) is 0.752. The van der Waals surface area contributed by atoms with Gasteiger partial charge in [-0.1, -0.05) is 31.0 Å². The van der Waals surface area contributed by atoms with E-state index in [4.69, 9.17) is 0 Å². The van der Waals surface area contributed by atoms with E-state index in [2.05, 4.69) is 17.8 Å². The zero-order valence-electron chi connectivity index (χ0n) is 9.33. The van der Waals surface area contributed by atoms with Crippen molar-refractivity contribution < 1.29 is 32.7 Å². The molecule has 0 N–H and O–H groups in total. The van der Waals surface area contributed by atoms with Gasteiger partial charge in [0, 0.05) is 38.5 Å². The molecule has 3 heteroatoms. The molecule has 1 aromatic heterocycles. The van der Waals surface area contributed by atoms with Crippen molar-refractivity contribution in [3.05, 3.63) is 37.8 Å². The van der Waals surface area contributed by atoms with Crippen molar-refractivity contribution in [1.82, 2.24) is 9.55 Å². The van der Waals surface area contributed by atoms with E-state index in [0.29, 0.717) is 0 Å². The molecule has 0 aliphatic heterocycles. The third-order valence-corrected chi connectivity index (χ3v) is 1.48. The van der Waals surface area contributed by atoms with Crippen molar-refractivity contribution in [3.8, 4) is 0 Å². The summed E-state index contributed by atoms with van der Waals surface area (Å²) in [5.41, 5.74) is 1.83. The van der Waals surface area contributed by atoms with Crippen molar-refractivity contribution in [3.63, 3.8) is 0 Å². The van der Waals surface area contributed by atoms with Gasteiger partial charge in [0.05, 0.1) is 0 Å². The number of imidazole rings is 1. The summed E-state index contributed by atoms with van der Waals surface area (Å²) in [4.78, 5) is 4.28. The molecule has 0 amide bonds. The molecule has 0 aliphatic rings. The van der Waals surface area contributed by atoms with Crippen LogP contribution in [0, 0.1) is 20.5 Å². The SMILES string of the molecule is C=C(C)n1[c-]c(C)nc1/C=C\C.[CH3-].[Y]. The number of aryl methyl sites for hydroxylation is 1. The number of rotatable bonds is 2. The van der Waals surface area contributed by atoms with Gasteiger partial charge < -0.3 is 17.0 Å². The summed E-state index contributed by atoms with van der Waals surface area (Å²) in [5, 5.41) is 0. The van der Waals surface area contributed by atoms with Crippen LogP contribution in [-0.2, 0) is 32.7 Å². The standard InChI is InChI=1S/C10H13N2.CH3.Y/c1-5-6-10-11-9(4)7-12(10)8(2)3;;/h5-6H,2H2,1,3-4H3;1H3;/q2*-1;/b6-5-;;. The summed E-state index contributed by atoms with van der Waals surface area (Å²) in [7, 11) is 0. The van der Waals surface area contributed by atoms with Crippen LogP contribution >= 0.6 is 0 Å². The minimum Gasteiger partial charge on any atom is -0.466 e. The second-order valence-electron chi connectivity index (χ2n) is 2.74. The molecular weight excluding hydrogens is 249 g/mol. The molecule has 1 aromatic rings. The Kier molecular flexibility index (Phi) is 8.27. The van der Waals surface area contributed by atoms with Crippen molar-refractivity contribution in [2.75, 3.05) is 0 Å². The van der Waals surface area contributed by atoms with Gasteiger partial charge in [0.2, 0.25) is 0 Å². The van der Waals surface area contributed by atoms with Crippen molar-refractivity contribution in [2.45, 2.75) is 20.8 Å². The van der Waals surface area contributed by atoms with Gasteiger partial charge in [-0.15, -0.1) is 6.58 Å². The van der Waals surface area contributed by atoms with E-state index in [-0.39, 0.29) is 40.1 Å². The second kappa shape index (κ2) is 7.13. The molecule has 0 aliphatic carbocycles. The summed E-state index contributed by atoms with van der Waals surface area (Å²) in [6.07, 6.45) is 6.98. The summed E-state index contributed by atoms with van der Waals surface area (Å²) in [6.45, 7) is 9.66. The van der Waals surface area contributed by atoms with Crippen LogP contribution in [0.5, 0.6) is 0 Å². The Morgan fingerprint density at radius 2 is 2.14 bits per heavy atom. The van der Waals surface area contributed by atoms with Gasteiger partial charge >= 0.3 is 0 Å². The molecule has 2 nitrogen and oxygen atoms in total. The number of allylic oxidation sites excluding steroid dienone is 2. The first-order chi connectivity index (χ1) is 5.65. The average molecular weight is 265 g/mol. The van der Waals surface area contributed by atoms with E-state index in [9.17, 15) is 0 Å². The minimum absolute atomic E-state index is 0. The number of hydrogen-bond acceptors (Lipinski definition) is 1. The first-order valence-electron chi connectivity index (χ1n) is 3.92. The van der Waals surface area contributed by atoms with Gasteiger partial charge in [-0.2, -0.15) is 0 Å². The third kappa shape index (κ3) is 3.89. The summed E-state index contributed by atoms with van der Waals surface area (Å²) in [5.74, 6) is 0.891. The van der Waals surface area contributed by atoms with Crippen LogP contribution < -0.4 is 0 Å². The number of nitrogens with zero attached hydrogens (tertiary/aromatic N) is 2. The van der Waals surface area contributed by atoms with Gasteiger partial charge in [0.15, 0.2) is 0 Å². The summed E-state index contributed by atoms with van der Waals surface area (Å²) < 4.78 is 1.86. The number of hydrogen-bond donors (Lipinski definition) is 0. The normalized spacial score (nSPS) is 9.36. The molecule has 0 saturated carbocycles. The third-order valence-electron chi connectivity index (χ3n) is 1.48. The Bertz CT molecular complexity index is 324. The van der Waals surface area contributed by atoms with Crippen LogP contribution in [-0.4, -0.2) is 9.55 Å². The van der Waals surface area contributed by atoms with E-state index in [1.165, 1.54) is 0 Å². The van der Waals surface area contributed by atoms with Crippen LogP contribution in [0.2, 0.25) is 0 Å². The Morgan fingerprint density at radius 3 is 2.57 bits per heavy atom. The molecule has 0 saturated heterocycles. The van der Waals surface area contributed by atoms with Crippen molar-refractivity contribution >= 4 is 11.8 Å². The molecule has 1 rings (SSSR count). The van der Waals surface area contributed by atoms with Crippen LogP contribution in [0.4, 0.5) is 0 Å². The fourth-order valence-electron chi connectivity index (χ4n) is 1.02. The summed E-state index contributed by atoms with van der Waals surface area (Å²) in [6, 6.07) is 0. The van der Waals surface area contributed by atoms with E-state index in [1.54, 1.807) is 0 Å². The van der Waals surface area contributed by atoms with Gasteiger partial charge in [-0.25, -0.2) is 0 Å². The zero-order valence-corrected chi connectivity index (χ0v) is 12.2. The van der Waals surface area contributed by atoms with Gasteiger partial charge in [-0.3, -0.25) is 0 Å². The molecule has 75 valence electrons. The van der Waals surface area contributed by atoms with Crippen LogP contribution in [0.1, 0.15) is 25.4 Å². The molecule has 14 heavy (non-hydrogen) atoms. The predicted molar refractivity (Wildman–Crippen MR) is 57.9 cm³/mol. The van der Waals surface area contributed by atoms with Gasteiger partial charge in [-0.05, 0) is 19.5 Å². The van der Waals surface area contributed by atoms with Crippen molar-refractivity contribution in [1.29, 1.82) is 0 Å². The average Bonchev–Trinajstić information content (AvgIpc) is 2.32. The largest absolute Gasteiger partial charge is 0.466 e. The fourth-order valence-corrected chi connectivity index (χ4v) is 1.02. The van der Waals surface area contributed by atoms with E-state index < -0.39 is 0 Å².